The van der Waals surface area contributed by atoms with Crippen molar-refractivity contribution in [3.63, 3.8) is 0 Å². The van der Waals surface area contributed by atoms with E-state index in [1.165, 1.54) is 7.11 Å². The molecule has 0 saturated carbocycles. The number of aromatic amines is 1. The minimum Gasteiger partial charge on any atom is -0.494 e. The molecule has 9 nitrogen and oxygen atoms in total. The van der Waals surface area contributed by atoms with E-state index in [0.29, 0.717) is 52.1 Å². The Kier molecular flexibility index (Phi) is 8.40. The molecule has 5 aromatic rings. The zero-order valence-electron chi connectivity index (χ0n) is 23.6. The van der Waals surface area contributed by atoms with Crippen LogP contribution in [0, 0.1) is 0 Å². The third-order valence-corrected chi connectivity index (χ3v) is 6.81. The van der Waals surface area contributed by atoms with Gasteiger partial charge in [0, 0.05) is 47.6 Å². The van der Waals surface area contributed by atoms with Crippen molar-refractivity contribution in [1.82, 2.24) is 14.9 Å². The van der Waals surface area contributed by atoms with E-state index < -0.39 is 5.97 Å². The molecule has 0 fully saturated rings. The summed E-state index contributed by atoms with van der Waals surface area (Å²) in [5, 5.41) is 11.7. The second-order valence-electron chi connectivity index (χ2n) is 9.95. The molecule has 42 heavy (non-hydrogen) atoms. The van der Waals surface area contributed by atoms with E-state index in [4.69, 9.17) is 9.73 Å². The van der Waals surface area contributed by atoms with E-state index in [9.17, 15) is 14.7 Å². The SMILES string of the molecule is COC(=O)c1ccc2c(C(=Nc3ccc(N(CCN(C)C)C(=O)c4cccnc4)cc3)c3ccccc3)c(O)[nH]c2c1. The molecule has 0 unspecified atom stereocenters. The predicted octanol–water partition coefficient (Wildman–Crippen LogP) is 5.43. The van der Waals surface area contributed by atoms with Gasteiger partial charge in [0.05, 0.1) is 35.2 Å². The molecule has 0 bridgehead atoms. The van der Waals surface area contributed by atoms with Crippen LogP contribution < -0.4 is 4.90 Å². The zero-order chi connectivity index (χ0) is 29.6. The number of aromatic hydroxyl groups is 1. The lowest BCUT2D eigenvalue weighted by Crippen LogP contribution is -2.36. The van der Waals surface area contributed by atoms with Gasteiger partial charge in [-0.1, -0.05) is 36.4 Å². The van der Waals surface area contributed by atoms with Crippen molar-refractivity contribution >= 4 is 39.9 Å². The molecule has 1 amide bonds. The number of hydrogen-bond donors (Lipinski definition) is 2. The average Bonchev–Trinajstić information content (AvgIpc) is 3.35. The summed E-state index contributed by atoms with van der Waals surface area (Å²) in [5.74, 6) is -0.671. The highest BCUT2D eigenvalue weighted by molar-refractivity contribution is 6.22. The van der Waals surface area contributed by atoms with Gasteiger partial charge >= 0.3 is 5.97 Å². The number of esters is 1. The summed E-state index contributed by atoms with van der Waals surface area (Å²) in [6, 6.07) is 25.5. The lowest BCUT2D eigenvalue weighted by molar-refractivity contribution is 0.0600. The number of anilines is 1. The van der Waals surface area contributed by atoms with Gasteiger partial charge in [-0.3, -0.25) is 9.78 Å². The fraction of sp³-hybridized carbons (Fsp3) is 0.152. The lowest BCUT2D eigenvalue weighted by atomic mass is 10.00. The Labute approximate surface area is 243 Å². The molecule has 0 aliphatic heterocycles. The number of benzene rings is 3. The van der Waals surface area contributed by atoms with Gasteiger partial charge in [0.1, 0.15) is 0 Å². The summed E-state index contributed by atoms with van der Waals surface area (Å²) < 4.78 is 4.84. The summed E-state index contributed by atoms with van der Waals surface area (Å²) in [6.07, 6.45) is 3.21. The first-order chi connectivity index (χ1) is 20.4. The van der Waals surface area contributed by atoms with Crippen molar-refractivity contribution in [2.24, 2.45) is 4.99 Å². The highest BCUT2D eigenvalue weighted by Crippen LogP contribution is 2.32. The number of pyridine rings is 1. The molecule has 0 atom stereocenters. The number of rotatable bonds is 9. The van der Waals surface area contributed by atoms with Crippen LogP contribution in [0.3, 0.4) is 0 Å². The second kappa shape index (κ2) is 12.5. The maximum atomic E-state index is 13.4. The number of carbonyl (C=O) groups excluding carboxylic acids is 2. The molecule has 0 saturated heterocycles. The maximum absolute atomic E-state index is 13.4. The van der Waals surface area contributed by atoms with Gasteiger partial charge in [-0.2, -0.15) is 0 Å². The minimum atomic E-state index is -0.466. The number of likely N-dealkylation sites (N-methyl/N-ethyl adjacent to an activating group) is 1. The van der Waals surface area contributed by atoms with Crippen molar-refractivity contribution in [3.05, 3.63) is 120 Å². The number of fused-ring (bicyclic) bond motifs is 1. The van der Waals surface area contributed by atoms with Crippen molar-refractivity contribution in [2.75, 3.05) is 39.2 Å². The number of amides is 1. The number of nitrogens with zero attached hydrogens (tertiary/aromatic N) is 4. The molecule has 3 aromatic carbocycles. The summed E-state index contributed by atoms with van der Waals surface area (Å²) >= 11 is 0. The molecule has 2 N–H and O–H groups in total. The highest BCUT2D eigenvalue weighted by atomic mass is 16.5. The fourth-order valence-electron chi connectivity index (χ4n) is 4.66. The summed E-state index contributed by atoms with van der Waals surface area (Å²) in [6.45, 7) is 1.18. The first-order valence-electron chi connectivity index (χ1n) is 13.4. The van der Waals surface area contributed by atoms with Crippen LogP contribution in [0.4, 0.5) is 11.4 Å². The van der Waals surface area contributed by atoms with E-state index in [2.05, 4.69) is 9.97 Å². The van der Waals surface area contributed by atoms with Crippen LogP contribution >= 0.6 is 0 Å². The molecule has 2 aromatic heterocycles. The van der Waals surface area contributed by atoms with Crippen LogP contribution in [0.2, 0.25) is 0 Å². The monoisotopic (exact) mass is 561 g/mol. The minimum absolute atomic E-state index is 0.0665. The Hall–Kier alpha value is -5.28. The predicted molar refractivity (Wildman–Crippen MR) is 164 cm³/mol. The van der Waals surface area contributed by atoms with E-state index in [0.717, 1.165) is 11.3 Å². The van der Waals surface area contributed by atoms with Crippen LogP contribution in [0.5, 0.6) is 5.88 Å². The van der Waals surface area contributed by atoms with Gasteiger partial charge in [0.25, 0.3) is 5.91 Å². The normalized spacial score (nSPS) is 11.6. The molecule has 5 rings (SSSR count). The molecular formula is C33H31N5O4. The largest absolute Gasteiger partial charge is 0.494 e. The van der Waals surface area contributed by atoms with Crippen LogP contribution in [0.1, 0.15) is 31.8 Å². The number of methoxy groups -OCH3 is 1. The van der Waals surface area contributed by atoms with Gasteiger partial charge in [-0.25, -0.2) is 9.79 Å². The van der Waals surface area contributed by atoms with Crippen molar-refractivity contribution in [3.8, 4) is 5.88 Å². The Balaban J connectivity index is 1.55. The lowest BCUT2D eigenvalue weighted by Gasteiger charge is -2.24. The molecule has 0 spiro atoms. The number of ether oxygens (including phenoxy) is 1. The first kappa shape index (κ1) is 28.3. The second-order valence-corrected chi connectivity index (χ2v) is 9.95. The van der Waals surface area contributed by atoms with E-state index in [1.54, 1.807) is 47.6 Å². The molecule has 9 heteroatoms. The third kappa shape index (κ3) is 6.06. The molecule has 2 heterocycles. The summed E-state index contributed by atoms with van der Waals surface area (Å²) in [7, 11) is 5.25. The third-order valence-electron chi connectivity index (χ3n) is 6.81. The standard InChI is InChI=1S/C33H31N5O4/c1-37(2)18-19-38(32(40)24-10-7-17-34-21-24)26-14-12-25(13-15-26)35-30(22-8-5-4-6-9-22)29-27-16-11-23(33(41)42-3)20-28(27)36-31(29)39/h4-17,20-21,36,39H,18-19H2,1-3H3. The Morgan fingerprint density at radius 3 is 2.31 bits per heavy atom. The zero-order valence-corrected chi connectivity index (χ0v) is 23.6. The van der Waals surface area contributed by atoms with Crippen molar-refractivity contribution < 1.29 is 19.4 Å². The van der Waals surface area contributed by atoms with Gasteiger partial charge < -0.3 is 24.6 Å². The Morgan fingerprint density at radius 1 is 0.905 bits per heavy atom. The highest BCUT2D eigenvalue weighted by Gasteiger charge is 2.21. The van der Waals surface area contributed by atoms with Gasteiger partial charge in [-0.05, 0) is 62.6 Å². The number of carbonyl (C=O) groups is 2. The summed E-state index contributed by atoms with van der Waals surface area (Å²) in [5.41, 5.74) is 4.69. The number of hydrogen-bond acceptors (Lipinski definition) is 7. The fourth-order valence-corrected chi connectivity index (χ4v) is 4.66. The topological polar surface area (TPSA) is 111 Å². The number of nitrogens with one attached hydrogen (secondary N) is 1. The first-order valence-corrected chi connectivity index (χ1v) is 13.4. The van der Waals surface area contributed by atoms with E-state index in [-0.39, 0.29) is 11.8 Å². The van der Waals surface area contributed by atoms with Crippen molar-refractivity contribution in [1.29, 1.82) is 0 Å². The molecular weight excluding hydrogens is 530 g/mol. The van der Waals surface area contributed by atoms with E-state index >= 15 is 0 Å². The van der Waals surface area contributed by atoms with Crippen molar-refractivity contribution in [2.45, 2.75) is 0 Å². The van der Waals surface area contributed by atoms with Crippen LogP contribution in [0.15, 0.2) is 102 Å². The molecule has 0 aliphatic carbocycles. The number of aromatic nitrogens is 2. The maximum Gasteiger partial charge on any atom is 0.337 e. The average molecular weight is 562 g/mol. The Morgan fingerprint density at radius 2 is 1.64 bits per heavy atom. The van der Waals surface area contributed by atoms with Gasteiger partial charge in [-0.15, -0.1) is 0 Å². The van der Waals surface area contributed by atoms with Gasteiger partial charge in [0.2, 0.25) is 0 Å². The Bertz CT molecular complexity index is 1730. The quantitative estimate of drug-likeness (QED) is 0.183. The van der Waals surface area contributed by atoms with Crippen LogP contribution in [-0.2, 0) is 4.74 Å². The van der Waals surface area contributed by atoms with Crippen LogP contribution in [0.25, 0.3) is 10.9 Å². The number of H-pyrrole nitrogens is 1. The van der Waals surface area contributed by atoms with Gasteiger partial charge in [0.15, 0.2) is 5.88 Å². The molecule has 0 radical (unpaired) electrons. The smallest absolute Gasteiger partial charge is 0.337 e. The molecule has 0 aliphatic rings. The van der Waals surface area contributed by atoms with Crippen LogP contribution in [-0.4, -0.2) is 71.9 Å². The summed E-state index contributed by atoms with van der Waals surface area (Å²) in [4.78, 5) is 41.2. The number of aliphatic imine (C=N–C) groups is 1. The molecule has 212 valence electrons. The van der Waals surface area contributed by atoms with E-state index in [1.807, 2.05) is 73.6 Å².